The first kappa shape index (κ1) is 42.1. The number of hydrogen-bond acceptors (Lipinski definition) is 7. The van der Waals surface area contributed by atoms with Crippen molar-refractivity contribution >= 4 is 62.7 Å². The van der Waals surface area contributed by atoms with Crippen LogP contribution in [0.25, 0.3) is 22.1 Å². The molecule has 3 heterocycles. The van der Waals surface area contributed by atoms with Crippen molar-refractivity contribution in [1.29, 1.82) is 0 Å². The summed E-state index contributed by atoms with van der Waals surface area (Å²) in [5.74, 6) is -0.923. The molecule has 1 saturated heterocycles. The van der Waals surface area contributed by atoms with Gasteiger partial charge in [-0.3, -0.25) is 14.4 Å². The van der Waals surface area contributed by atoms with E-state index in [1.54, 1.807) is 65.2 Å². The molecule has 15 heteroatoms. The molecule has 1 aliphatic rings. The fourth-order valence-electron chi connectivity index (χ4n) is 7.91. The van der Waals surface area contributed by atoms with Gasteiger partial charge in [-0.15, -0.1) is 0 Å². The number of amides is 1. The predicted octanol–water partition coefficient (Wildman–Crippen LogP) is 9.31. The largest absolute Gasteiger partial charge is 0.411 e. The van der Waals surface area contributed by atoms with Gasteiger partial charge < -0.3 is 24.5 Å². The Morgan fingerprint density at radius 2 is 1.68 bits per heavy atom. The third-order valence-electron chi connectivity index (χ3n) is 11.0. The van der Waals surface area contributed by atoms with Crippen LogP contribution in [0.15, 0.2) is 91.0 Å². The molecular weight excluding hydrogens is 804 g/mol. The van der Waals surface area contributed by atoms with Crippen LogP contribution in [0.3, 0.4) is 0 Å². The van der Waals surface area contributed by atoms with Crippen molar-refractivity contribution in [3.05, 3.63) is 129 Å². The maximum Gasteiger partial charge on any atom is 0.411 e. The van der Waals surface area contributed by atoms with Crippen molar-refractivity contribution in [1.82, 2.24) is 29.7 Å². The number of halogens is 5. The minimum absolute atomic E-state index is 0.0306. The van der Waals surface area contributed by atoms with E-state index in [4.69, 9.17) is 27.9 Å². The normalized spacial score (nSPS) is 15.1. The Kier molecular flexibility index (Phi) is 13.2. The van der Waals surface area contributed by atoms with Gasteiger partial charge in [-0.2, -0.15) is 13.2 Å². The quantitative estimate of drug-likeness (QED) is 0.0736. The van der Waals surface area contributed by atoms with Gasteiger partial charge in [-0.05, 0) is 92.9 Å². The molecular formula is C44H43Cl2F3N6O4. The van der Waals surface area contributed by atoms with Gasteiger partial charge in [-0.25, -0.2) is 9.97 Å². The lowest BCUT2D eigenvalue weighted by Crippen LogP contribution is -2.44. The number of nitrogens with zero attached hydrogens (tertiary/aromatic N) is 4. The van der Waals surface area contributed by atoms with Crippen LogP contribution in [0.5, 0.6) is 0 Å². The highest BCUT2D eigenvalue weighted by molar-refractivity contribution is 6.42. The Bertz CT molecular complexity index is 2450. The van der Waals surface area contributed by atoms with Gasteiger partial charge in [0.1, 0.15) is 12.1 Å². The summed E-state index contributed by atoms with van der Waals surface area (Å²) >= 11 is 12.7. The molecule has 0 bridgehead atoms. The van der Waals surface area contributed by atoms with Crippen LogP contribution in [0.2, 0.25) is 10.0 Å². The van der Waals surface area contributed by atoms with Gasteiger partial charge in [0.05, 0.1) is 38.8 Å². The molecule has 2 N–H and O–H groups in total. The molecule has 2 atom stereocenters. The molecule has 308 valence electrons. The summed E-state index contributed by atoms with van der Waals surface area (Å²) in [6.45, 7) is 2.20. The standard InChI is InChI=1S/C44H43Cl2F3N6O4/c1-2-31(23-30(29-15-16-33(45)34(46)24-29)25-50-43(58)28-9-4-3-5-10-28)54-19-17-27(18-20-54)39(56)41-51-36-13-8-11-32(38(36)53-41)40(57)42-52-35-12-6-7-14-37(35)55(42)21-22-59-26-44(47,48)49/h3-16,24,27,30-31H,2,17-23,25-26H2,1H3,(H,50,58)(H,51,53). The molecule has 1 amide bonds. The third-order valence-corrected chi connectivity index (χ3v) is 11.7. The fraction of sp³-hybridized carbons (Fsp3) is 0.341. The van der Waals surface area contributed by atoms with Gasteiger partial charge in [0.25, 0.3) is 5.91 Å². The number of likely N-dealkylation sites (tertiary alicyclic amines) is 1. The molecule has 7 rings (SSSR count). The SMILES string of the molecule is CCC(CC(CNC(=O)c1ccccc1)c1ccc(Cl)c(Cl)c1)N1CCC(C(=O)c2nc3c(C(=O)c4nc5ccccc5n4CCOCC(F)(F)F)cccc3[nH]2)CC1. The Balaban J connectivity index is 1.03. The van der Waals surface area contributed by atoms with Crippen LogP contribution in [-0.2, 0) is 11.3 Å². The van der Waals surface area contributed by atoms with E-state index in [9.17, 15) is 27.6 Å². The van der Waals surface area contributed by atoms with E-state index in [2.05, 4.69) is 32.1 Å². The topological polar surface area (TPSA) is 122 Å². The Labute approximate surface area is 349 Å². The molecule has 2 unspecified atom stereocenters. The lowest BCUT2D eigenvalue weighted by Gasteiger charge is -2.38. The summed E-state index contributed by atoms with van der Waals surface area (Å²) in [5, 5.41) is 4.01. The number of nitrogens with one attached hydrogen (secondary N) is 2. The van der Waals surface area contributed by atoms with E-state index in [0.29, 0.717) is 70.2 Å². The average Bonchev–Trinajstić information content (AvgIpc) is 3.85. The maximum atomic E-state index is 14.1. The summed E-state index contributed by atoms with van der Waals surface area (Å²) in [5.41, 5.74) is 3.67. The van der Waals surface area contributed by atoms with E-state index in [1.807, 2.05) is 30.3 Å². The van der Waals surface area contributed by atoms with Crippen molar-refractivity contribution in [2.24, 2.45) is 5.92 Å². The highest BCUT2D eigenvalue weighted by Gasteiger charge is 2.33. The average molecular weight is 848 g/mol. The first-order chi connectivity index (χ1) is 28.4. The number of ether oxygens (including phenoxy) is 1. The van der Waals surface area contributed by atoms with Gasteiger partial charge in [0.2, 0.25) is 11.6 Å². The number of carbonyl (C=O) groups is 3. The molecule has 10 nitrogen and oxygen atoms in total. The third kappa shape index (κ3) is 9.87. The van der Waals surface area contributed by atoms with Crippen molar-refractivity contribution in [2.45, 2.75) is 57.3 Å². The summed E-state index contributed by atoms with van der Waals surface area (Å²) in [7, 11) is 0. The number of para-hydroxylation sites is 3. The Hall–Kier alpha value is -5.08. The molecule has 0 saturated carbocycles. The van der Waals surface area contributed by atoms with E-state index >= 15 is 0 Å². The number of fused-ring (bicyclic) bond motifs is 2. The lowest BCUT2D eigenvalue weighted by molar-refractivity contribution is -0.174. The second-order valence-electron chi connectivity index (χ2n) is 14.8. The second kappa shape index (κ2) is 18.5. The van der Waals surface area contributed by atoms with Crippen molar-refractivity contribution in [3.8, 4) is 0 Å². The molecule has 0 spiro atoms. The number of carbonyl (C=O) groups excluding carboxylic acids is 3. The molecule has 1 aliphatic heterocycles. The molecule has 0 radical (unpaired) electrons. The second-order valence-corrected chi connectivity index (χ2v) is 15.6. The van der Waals surface area contributed by atoms with Crippen LogP contribution < -0.4 is 5.32 Å². The minimum Gasteiger partial charge on any atom is -0.370 e. The minimum atomic E-state index is -4.47. The van der Waals surface area contributed by atoms with Gasteiger partial charge in [0, 0.05) is 36.5 Å². The van der Waals surface area contributed by atoms with Crippen LogP contribution >= 0.6 is 23.2 Å². The fourth-order valence-corrected chi connectivity index (χ4v) is 8.21. The van der Waals surface area contributed by atoms with Crippen LogP contribution in [0.4, 0.5) is 13.2 Å². The van der Waals surface area contributed by atoms with E-state index in [0.717, 1.165) is 18.4 Å². The number of Topliss-reactive ketones (excluding diaryl/α,β-unsaturated/α-hetero) is 1. The number of aromatic amines is 1. The van der Waals surface area contributed by atoms with E-state index in [1.165, 1.54) is 0 Å². The number of rotatable bonds is 16. The van der Waals surface area contributed by atoms with E-state index < -0.39 is 18.6 Å². The van der Waals surface area contributed by atoms with Gasteiger partial charge in [0.15, 0.2) is 11.6 Å². The Morgan fingerprint density at radius 3 is 2.41 bits per heavy atom. The summed E-state index contributed by atoms with van der Waals surface area (Å²) in [6, 6.07) is 26.8. The molecule has 59 heavy (non-hydrogen) atoms. The van der Waals surface area contributed by atoms with Crippen LogP contribution in [0, 0.1) is 5.92 Å². The van der Waals surface area contributed by atoms with Crippen molar-refractivity contribution in [3.63, 3.8) is 0 Å². The lowest BCUT2D eigenvalue weighted by atomic mass is 9.87. The predicted molar refractivity (Wildman–Crippen MR) is 221 cm³/mol. The van der Waals surface area contributed by atoms with Crippen LogP contribution in [0.1, 0.15) is 81.2 Å². The van der Waals surface area contributed by atoms with Crippen LogP contribution in [-0.4, -0.2) is 87.0 Å². The zero-order valence-electron chi connectivity index (χ0n) is 32.3. The van der Waals surface area contributed by atoms with Crippen molar-refractivity contribution < 1.29 is 32.3 Å². The Morgan fingerprint density at radius 1 is 0.932 bits per heavy atom. The molecule has 0 aliphatic carbocycles. The number of benzene rings is 4. The number of imidazole rings is 2. The number of ketones is 2. The first-order valence-electron chi connectivity index (χ1n) is 19.6. The zero-order valence-corrected chi connectivity index (χ0v) is 33.8. The van der Waals surface area contributed by atoms with Gasteiger partial charge >= 0.3 is 6.18 Å². The summed E-state index contributed by atoms with van der Waals surface area (Å²) < 4.78 is 44.6. The first-order valence-corrected chi connectivity index (χ1v) is 20.4. The van der Waals surface area contributed by atoms with E-state index in [-0.39, 0.29) is 59.9 Å². The molecule has 1 fully saturated rings. The number of hydrogen-bond donors (Lipinski definition) is 2. The highest BCUT2D eigenvalue weighted by Crippen LogP contribution is 2.33. The smallest absolute Gasteiger partial charge is 0.370 e. The molecule has 6 aromatic rings. The van der Waals surface area contributed by atoms with Crippen molar-refractivity contribution in [2.75, 3.05) is 32.8 Å². The highest BCUT2D eigenvalue weighted by atomic mass is 35.5. The monoisotopic (exact) mass is 846 g/mol. The number of aromatic nitrogens is 4. The summed E-state index contributed by atoms with van der Waals surface area (Å²) in [4.78, 5) is 55.8. The zero-order chi connectivity index (χ0) is 41.7. The van der Waals surface area contributed by atoms with Gasteiger partial charge in [-0.1, -0.05) is 72.6 Å². The molecule has 4 aromatic carbocycles. The number of piperidine rings is 1. The number of alkyl halides is 3. The molecule has 2 aromatic heterocycles. The number of H-pyrrole nitrogens is 1. The maximum absolute atomic E-state index is 14.1. The summed E-state index contributed by atoms with van der Waals surface area (Å²) in [6.07, 6.45) is -1.65.